The Kier molecular flexibility index (Phi) is 4.95. The van der Waals surface area contributed by atoms with E-state index in [4.69, 9.17) is 9.16 Å². The quantitative estimate of drug-likeness (QED) is 0.731. The van der Waals surface area contributed by atoms with Crippen LogP contribution >= 0.6 is 0 Å². The van der Waals surface area contributed by atoms with Crippen LogP contribution in [0.5, 0.6) is 0 Å². The summed E-state index contributed by atoms with van der Waals surface area (Å²) in [6.07, 6.45) is -0.536. The molecule has 0 aromatic carbocycles. The topological polar surface area (TPSA) is 55.8 Å². The number of hydrogen-bond acceptors (Lipinski definition) is 4. The predicted molar refractivity (Wildman–Crippen MR) is 84.6 cm³/mol. The molecule has 0 unspecified atom stereocenters. The number of likely N-dealkylation sites (tertiary alicyclic amines) is 1. The van der Waals surface area contributed by atoms with Gasteiger partial charge in [-0.3, -0.25) is 4.79 Å². The largest absolute Gasteiger partial charge is 0.443 e. The van der Waals surface area contributed by atoms with E-state index < -0.39 is 20.0 Å². The van der Waals surface area contributed by atoms with Crippen molar-refractivity contribution in [2.45, 2.75) is 77.8 Å². The molecule has 1 rings (SSSR count). The molecule has 0 bridgehead atoms. The third kappa shape index (κ3) is 4.81. The van der Waals surface area contributed by atoms with Gasteiger partial charge in [-0.05, 0) is 38.9 Å². The van der Waals surface area contributed by atoms with E-state index in [1.54, 1.807) is 20.8 Å². The number of carbonyl (C=O) groups is 2. The monoisotopic (exact) mass is 315 g/mol. The highest BCUT2D eigenvalue weighted by Crippen LogP contribution is 2.38. The number of amides is 2. The third-order valence-corrected chi connectivity index (χ3v) is 8.51. The summed E-state index contributed by atoms with van der Waals surface area (Å²) in [6, 6.07) is 0. The second-order valence-corrected chi connectivity index (χ2v) is 12.9. The van der Waals surface area contributed by atoms with Crippen LogP contribution in [0, 0.1) is 0 Å². The first-order chi connectivity index (χ1) is 9.23. The summed E-state index contributed by atoms with van der Waals surface area (Å²) in [4.78, 5) is 25.2. The standard InChI is InChI=1S/C15H29NO4Si/c1-14(2,3)19-13(18)16-10-11(9-12(16)17)20-21(7,8)15(4,5)6/h11H,9-10H2,1-8H3/t11-/m0/s1. The van der Waals surface area contributed by atoms with Crippen LogP contribution in [-0.2, 0) is 14.0 Å². The predicted octanol–water partition coefficient (Wildman–Crippen LogP) is 3.54. The van der Waals surface area contributed by atoms with Crippen molar-refractivity contribution in [3.63, 3.8) is 0 Å². The zero-order chi connectivity index (χ0) is 16.6. The Balaban J connectivity index is 2.69. The molecule has 0 N–H and O–H groups in total. The summed E-state index contributed by atoms with van der Waals surface area (Å²) < 4.78 is 11.5. The number of imide groups is 1. The van der Waals surface area contributed by atoms with Crippen molar-refractivity contribution in [1.29, 1.82) is 0 Å². The van der Waals surface area contributed by atoms with Crippen molar-refractivity contribution < 1.29 is 18.8 Å². The molecule has 1 atom stereocenters. The van der Waals surface area contributed by atoms with E-state index in [2.05, 4.69) is 33.9 Å². The van der Waals surface area contributed by atoms with Crippen LogP contribution in [0.3, 0.4) is 0 Å². The maximum absolute atomic E-state index is 12.0. The maximum atomic E-state index is 12.0. The van der Waals surface area contributed by atoms with E-state index in [9.17, 15) is 9.59 Å². The lowest BCUT2D eigenvalue weighted by Crippen LogP contribution is -2.45. The summed E-state index contributed by atoms with van der Waals surface area (Å²) in [5.41, 5.74) is -0.601. The molecule has 122 valence electrons. The van der Waals surface area contributed by atoms with Crippen molar-refractivity contribution in [2.75, 3.05) is 6.54 Å². The Morgan fingerprint density at radius 3 is 2.14 bits per heavy atom. The minimum absolute atomic E-state index is 0.0788. The van der Waals surface area contributed by atoms with Crippen molar-refractivity contribution in [3.8, 4) is 0 Å². The Labute approximate surface area is 129 Å². The summed E-state index contributed by atoms with van der Waals surface area (Å²) in [6.45, 7) is 16.4. The van der Waals surface area contributed by atoms with Gasteiger partial charge < -0.3 is 9.16 Å². The van der Waals surface area contributed by atoms with Gasteiger partial charge in [-0.25, -0.2) is 9.69 Å². The van der Waals surface area contributed by atoms with Crippen LogP contribution < -0.4 is 0 Å². The molecule has 0 saturated carbocycles. The first-order valence-electron chi connectivity index (χ1n) is 7.44. The molecule has 1 aliphatic rings. The van der Waals surface area contributed by atoms with Crippen molar-refractivity contribution in [1.82, 2.24) is 4.90 Å². The van der Waals surface area contributed by atoms with Crippen LogP contribution in [0.15, 0.2) is 0 Å². The van der Waals surface area contributed by atoms with Gasteiger partial charge in [0.2, 0.25) is 5.91 Å². The van der Waals surface area contributed by atoms with E-state index in [0.29, 0.717) is 6.54 Å². The van der Waals surface area contributed by atoms with Gasteiger partial charge in [-0.1, -0.05) is 20.8 Å². The SMILES string of the molecule is CC(C)(C)OC(=O)N1C[C@@H](O[Si](C)(C)C(C)(C)C)CC1=O. The second-order valence-electron chi connectivity index (χ2n) is 8.19. The van der Waals surface area contributed by atoms with Crippen molar-refractivity contribution in [2.24, 2.45) is 0 Å². The minimum atomic E-state index is -1.94. The lowest BCUT2D eigenvalue weighted by Gasteiger charge is -2.38. The molecule has 1 saturated heterocycles. The minimum Gasteiger partial charge on any atom is -0.443 e. The van der Waals surface area contributed by atoms with Gasteiger partial charge in [0, 0.05) is 0 Å². The fourth-order valence-electron chi connectivity index (χ4n) is 1.84. The number of carbonyl (C=O) groups excluding carboxylic acids is 2. The van der Waals surface area contributed by atoms with Crippen LogP contribution in [0.1, 0.15) is 48.0 Å². The number of ether oxygens (including phenoxy) is 1. The highest BCUT2D eigenvalue weighted by molar-refractivity contribution is 6.74. The molecule has 0 aliphatic carbocycles. The molecular weight excluding hydrogens is 286 g/mol. The van der Waals surface area contributed by atoms with Crippen LogP contribution in [0.4, 0.5) is 4.79 Å². The first-order valence-corrected chi connectivity index (χ1v) is 10.3. The zero-order valence-corrected chi connectivity index (χ0v) is 15.6. The number of rotatable bonds is 2. The Hall–Kier alpha value is -0.883. The first kappa shape index (κ1) is 18.2. The normalized spacial score (nSPS) is 20.9. The molecule has 0 spiro atoms. The summed E-state index contributed by atoms with van der Waals surface area (Å²) in [5.74, 6) is -0.215. The molecule has 0 aromatic heterocycles. The van der Waals surface area contributed by atoms with E-state index in [0.717, 1.165) is 0 Å². The molecule has 1 aliphatic heterocycles. The molecule has 1 heterocycles. The van der Waals surface area contributed by atoms with E-state index in [1.165, 1.54) is 4.90 Å². The lowest BCUT2D eigenvalue weighted by atomic mass is 10.2. The Morgan fingerprint density at radius 2 is 1.71 bits per heavy atom. The highest BCUT2D eigenvalue weighted by atomic mass is 28.4. The fourth-order valence-corrected chi connectivity index (χ4v) is 3.19. The number of nitrogens with zero attached hydrogens (tertiary/aromatic N) is 1. The van der Waals surface area contributed by atoms with Gasteiger partial charge >= 0.3 is 6.09 Å². The molecule has 0 radical (unpaired) electrons. The molecule has 0 aromatic rings. The summed E-state index contributed by atoms with van der Waals surface area (Å²) in [5, 5.41) is 0.0788. The van der Waals surface area contributed by atoms with Crippen molar-refractivity contribution >= 4 is 20.3 Å². The summed E-state index contributed by atoms with van der Waals surface area (Å²) >= 11 is 0. The van der Waals surface area contributed by atoms with Crippen LogP contribution in [-0.4, -0.2) is 43.5 Å². The van der Waals surface area contributed by atoms with Gasteiger partial charge in [0.05, 0.1) is 19.1 Å². The lowest BCUT2D eigenvalue weighted by molar-refractivity contribution is -0.127. The highest BCUT2D eigenvalue weighted by Gasteiger charge is 2.44. The Bertz CT molecular complexity index is 420. The zero-order valence-electron chi connectivity index (χ0n) is 14.6. The van der Waals surface area contributed by atoms with Gasteiger partial charge in [0.15, 0.2) is 8.32 Å². The van der Waals surface area contributed by atoms with Crippen LogP contribution in [0.25, 0.3) is 0 Å². The maximum Gasteiger partial charge on any atom is 0.417 e. The van der Waals surface area contributed by atoms with E-state index in [1.807, 2.05) is 0 Å². The fraction of sp³-hybridized carbons (Fsp3) is 0.867. The summed E-state index contributed by atoms with van der Waals surface area (Å²) in [7, 11) is -1.94. The molecule has 1 fully saturated rings. The molecule has 5 nitrogen and oxygen atoms in total. The Morgan fingerprint density at radius 1 is 1.19 bits per heavy atom. The third-order valence-electron chi connectivity index (χ3n) is 3.97. The molecule has 2 amide bonds. The van der Waals surface area contributed by atoms with Gasteiger partial charge in [0.1, 0.15) is 5.60 Å². The van der Waals surface area contributed by atoms with E-state index in [-0.39, 0.29) is 23.5 Å². The van der Waals surface area contributed by atoms with E-state index >= 15 is 0 Å². The van der Waals surface area contributed by atoms with Crippen LogP contribution in [0.2, 0.25) is 18.1 Å². The second kappa shape index (κ2) is 5.72. The van der Waals surface area contributed by atoms with Crippen molar-refractivity contribution in [3.05, 3.63) is 0 Å². The average Bonchev–Trinajstić information content (AvgIpc) is 2.54. The van der Waals surface area contributed by atoms with Gasteiger partial charge in [0.25, 0.3) is 0 Å². The molecule has 21 heavy (non-hydrogen) atoms. The molecular formula is C15H29NO4Si. The molecule has 6 heteroatoms. The number of hydrogen-bond donors (Lipinski definition) is 0. The average molecular weight is 315 g/mol. The smallest absolute Gasteiger partial charge is 0.417 e. The van der Waals surface area contributed by atoms with Gasteiger partial charge in [-0.2, -0.15) is 0 Å². The van der Waals surface area contributed by atoms with Gasteiger partial charge in [-0.15, -0.1) is 0 Å².